The first-order chi connectivity index (χ1) is 29.0. The van der Waals surface area contributed by atoms with Crippen LogP contribution in [0.3, 0.4) is 0 Å². The van der Waals surface area contributed by atoms with Gasteiger partial charge in [0.25, 0.3) is 0 Å². The number of likely N-dealkylation sites (tertiary alicyclic amines) is 2. The Morgan fingerprint density at radius 2 is 0.833 bits per heavy atom. The number of rotatable bonds is 6. The van der Waals surface area contributed by atoms with Crippen LogP contribution in [0.4, 0.5) is 9.59 Å². The van der Waals surface area contributed by atoms with Gasteiger partial charge in [0.2, 0.25) is 11.8 Å². The summed E-state index contributed by atoms with van der Waals surface area (Å²) in [5.41, 5.74) is 1.71. The Morgan fingerprint density at radius 1 is 0.483 bits per heavy atom. The highest BCUT2D eigenvalue weighted by molar-refractivity contribution is 6.42. The first-order valence-electron chi connectivity index (χ1n) is 21.6. The number of halogens is 4. The predicted molar refractivity (Wildman–Crippen MR) is 234 cm³/mol. The number of amides is 4. The summed E-state index contributed by atoms with van der Waals surface area (Å²) in [6.07, 6.45) is 10.8. The maximum atomic E-state index is 13.4. The summed E-state index contributed by atoms with van der Waals surface area (Å²) < 4.78 is 10.1. The third-order valence-corrected chi connectivity index (χ3v) is 15.1. The second kappa shape index (κ2) is 20.5. The van der Waals surface area contributed by atoms with Crippen LogP contribution in [0.15, 0.2) is 36.4 Å². The molecule has 0 unspecified atom stereocenters. The van der Waals surface area contributed by atoms with Gasteiger partial charge in [-0.15, -0.1) is 0 Å². The standard InChI is InChI=1S/2C22H29Cl2N3O3/c2*1-30-22(29)26-11-12-27(20(28)14-15-7-8-16(23)17(24)13-15)21-18(5-4-6-19(21)26)25-9-2-3-10-25/h2*7-8,13,18-19,21H,2-6,9-12,14H2,1H3/t2*18-,19+,21-/m10/s1. The van der Waals surface area contributed by atoms with Crippen LogP contribution in [0, 0.1) is 0 Å². The number of hydrogen-bond acceptors (Lipinski definition) is 8. The number of carbonyl (C=O) groups excluding carboxylic acids is 4. The monoisotopic (exact) mass is 906 g/mol. The van der Waals surface area contributed by atoms with E-state index in [9.17, 15) is 19.2 Å². The molecule has 4 heterocycles. The van der Waals surface area contributed by atoms with Crippen LogP contribution in [0.2, 0.25) is 20.1 Å². The lowest BCUT2D eigenvalue weighted by atomic mass is 9.81. The Balaban J connectivity index is 0.000000181. The molecule has 8 rings (SSSR count). The molecule has 2 aromatic carbocycles. The number of fused-ring (bicyclic) bond motifs is 2. The van der Waals surface area contributed by atoms with Crippen LogP contribution in [0.25, 0.3) is 0 Å². The average molecular weight is 909 g/mol. The zero-order valence-corrected chi connectivity index (χ0v) is 37.7. The summed E-state index contributed by atoms with van der Waals surface area (Å²) in [4.78, 5) is 64.5. The van der Waals surface area contributed by atoms with E-state index < -0.39 is 0 Å². The summed E-state index contributed by atoms with van der Waals surface area (Å²) in [5, 5.41) is 1.90. The SMILES string of the molecule is COC(=O)N1CCN(C(=O)Cc2ccc(Cl)c(Cl)c2)[C@@H]2[C@H](N3CCCC3)CCC[C@@H]21.COC(=O)N1CCN(C(=O)Cc2ccc(Cl)c(Cl)c2)[C@@H]2[C@H]1CCC[C@@H]2N1CCCC1. The van der Waals surface area contributed by atoms with Crippen molar-refractivity contribution in [2.45, 2.75) is 113 Å². The van der Waals surface area contributed by atoms with Crippen LogP contribution in [-0.4, -0.2) is 156 Å². The van der Waals surface area contributed by atoms with E-state index in [1.165, 1.54) is 39.9 Å². The van der Waals surface area contributed by atoms with Gasteiger partial charge >= 0.3 is 12.2 Å². The van der Waals surface area contributed by atoms with Gasteiger partial charge < -0.3 is 29.1 Å². The highest BCUT2D eigenvalue weighted by Gasteiger charge is 2.50. The molecule has 328 valence electrons. The van der Waals surface area contributed by atoms with E-state index in [1.54, 1.807) is 24.3 Å². The Kier molecular flexibility index (Phi) is 15.4. The lowest BCUT2D eigenvalue weighted by Crippen LogP contribution is -2.69. The summed E-state index contributed by atoms with van der Waals surface area (Å²) in [6.45, 7) is 6.35. The molecule has 0 bridgehead atoms. The molecule has 6 fully saturated rings. The first-order valence-corrected chi connectivity index (χ1v) is 23.1. The number of nitrogens with zero attached hydrogens (tertiary/aromatic N) is 6. The summed E-state index contributed by atoms with van der Waals surface area (Å²) >= 11 is 24.4. The van der Waals surface area contributed by atoms with Crippen LogP contribution in [0.5, 0.6) is 0 Å². The zero-order valence-electron chi connectivity index (χ0n) is 34.7. The number of hydrogen-bond donors (Lipinski definition) is 0. The van der Waals surface area contributed by atoms with Gasteiger partial charge in [-0.05, 0) is 126 Å². The lowest BCUT2D eigenvalue weighted by molar-refractivity contribution is -0.142. The van der Waals surface area contributed by atoms with Crippen molar-refractivity contribution in [3.05, 3.63) is 67.6 Å². The highest BCUT2D eigenvalue weighted by atomic mass is 35.5. The molecule has 0 spiro atoms. The number of benzene rings is 2. The fourth-order valence-electron chi connectivity index (χ4n) is 10.9. The van der Waals surface area contributed by atoms with Crippen molar-refractivity contribution in [1.29, 1.82) is 0 Å². The second-order valence-corrected chi connectivity index (χ2v) is 18.6. The Hall–Kier alpha value is -3.00. The van der Waals surface area contributed by atoms with Gasteiger partial charge in [-0.3, -0.25) is 19.4 Å². The van der Waals surface area contributed by atoms with E-state index in [2.05, 4.69) is 9.80 Å². The molecule has 4 aliphatic heterocycles. The van der Waals surface area contributed by atoms with Crippen molar-refractivity contribution in [1.82, 2.24) is 29.4 Å². The van der Waals surface area contributed by atoms with Crippen molar-refractivity contribution in [3.8, 4) is 0 Å². The molecule has 2 saturated carbocycles. The van der Waals surface area contributed by atoms with Gasteiger partial charge in [-0.25, -0.2) is 9.59 Å². The van der Waals surface area contributed by atoms with E-state index in [1.807, 2.05) is 31.7 Å². The van der Waals surface area contributed by atoms with E-state index >= 15 is 0 Å². The largest absolute Gasteiger partial charge is 0.453 e. The maximum absolute atomic E-state index is 13.4. The molecule has 16 heteroatoms. The first kappa shape index (κ1) is 45.0. The predicted octanol–water partition coefficient (Wildman–Crippen LogP) is 7.66. The topological polar surface area (TPSA) is 106 Å². The van der Waals surface area contributed by atoms with Crippen molar-refractivity contribution < 1.29 is 28.7 Å². The van der Waals surface area contributed by atoms with Crippen molar-refractivity contribution >= 4 is 70.4 Å². The van der Waals surface area contributed by atoms with E-state index in [4.69, 9.17) is 55.9 Å². The van der Waals surface area contributed by atoms with Crippen molar-refractivity contribution in [3.63, 3.8) is 0 Å². The number of carbonyl (C=O) groups is 4. The molecule has 4 amide bonds. The lowest BCUT2D eigenvalue weighted by Gasteiger charge is -2.54. The fraction of sp³-hybridized carbons (Fsp3) is 0.636. The number of piperazine rings is 2. The van der Waals surface area contributed by atoms with Crippen LogP contribution in [0.1, 0.15) is 75.3 Å². The smallest absolute Gasteiger partial charge is 0.409 e. The molecular weight excluding hydrogens is 850 g/mol. The second-order valence-electron chi connectivity index (χ2n) is 17.0. The van der Waals surface area contributed by atoms with Gasteiger partial charge in [0.15, 0.2) is 0 Å². The molecule has 6 aliphatic rings. The van der Waals surface area contributed by atoms with Gasteiger partial charge in [-0.1, -0.05) is 58.5 Å². The van der Waals surface area contributed by atoms with E-state index in [0.29, 0.717) is 46.3 Å². The van der Waals surface area contributed by atoms with E-state index in [0.717, 1.165) is 75.8 Å². The van der Waals surface area contributed by atoms with Gasteiger partial charge in [-0.2, -0.15) is 0 Å². The molecule has 60 heavy (non-hydrogen) atoms. The third kappa shape index (κ3) is 9.94. The molecule has 0 aromatic heterocycles. The minimum Gasteiger partial charge on any atom is -0.453 e. The quantitative estimate of drug-likeness (QED) is 0.291. The summed E-state index contributed by atoms with van der Waals surface area (Å²) in [6, 6.07) is 11.3. The number of methoxy groups -OCH3 is 2. The van der Waals surface area contributed by atoms with Gasteiger partial charge in [0, 0.05) is 38.3 Å². The third-order valence-electron chi connectivity index (χ3n) is 13.6. The minimum absolute atomic E-state index is 0.0000258. The van der Waals surface area contributed by atoms with Crippen LogP contribution < -0.4 is 0 Å². The van der Waals surface area contributed by atoms with Crippen molar-refractivity contribution in [2.24, 2.45) is 0 Å². The summed E-state index contributed by atoms with van der Waals surface area (Å²) in [5.74, 6) is 0.165. The van der Waals surface area contributed by atoms with Crippen molar-refractivity contribution in [2.75, 3.05) is 66.6 Å². The maximum Gasteiger partial charge on any atom is 0.409 e. The molecular formula is C44H58Cl4N6O6. The average Bonchev–Trinajstić information content (AvgIpc) is 4.01. The Morgan fingerprint density at radius 3 is 1.18 bits per heavy atom. The Labute approximate surface area is 374 Å². The molecule has 2 aromatic rings. The normalized spacial score (nSPS) is 27.1. The van der Waals surface area contributed by atoms with E-state index in [-0.39, 0.29) is 73.1 Å². The van der Waals surface area contributed by atoms with Crippen LogP contribution >= 0.6 is 46.4 Å². The molecule has 0 radical (unpaired) electrons. The molecule has 12 nitrogen and oxygen atoms in total. The van der Waals surface area contributed by atoms with Gasteiger partial charge in [0.1, 0.15) is 0 Å². The fourth-order valence-corrected chi connectivity index (χ4v) is 11.5. The highest BCUT2D eigenvalue weighted by Crippen LogP contribution is 2.37. The molecule has 0 N–H and O–H groups in total. The Bertz CT molecular complexity index is 1730. The summed E-state index contributed by atoms with van der Waals surface area (Å²) in [7, 11) is 2.86. The molecule has 2 aliphatic carbocycles. The minimum atomic E-state index is -0.288. The van der Waals surface area contributed by atoms with Gasteiger partial charge in [0.05, 0.1) is 71.3 Å². The molecule has 4 saturated heterocycles. The number of ether oxygens (including phenoxy) is 2. The molecule has 6 atom stereocenters. The zero-order chi connectivity index (χ0) is 42.5. The van der Waals surface area contributed by atoms with Crippen LogP contribution in [-0.2, 0) is 31.9 Å².